The summed E-state index contributed by atoms with van der Waals surface area (Å²) in [6.07, 6.45) is 9.97. The Morgan fingerprint density at radius 1 is 1.08 bits per heavy atom. The van der Waals surface area contributed by atoms with E-state index in [2.05, 4.69) is 15.2 Å². The van der Waals surface area contributed by atoms with Gasteiger partial charge in [-0.05, 0) is 31.6 Å². The second-order valence-corrected chi connectivity index (χ2v) is 8.75. The van der Waals surface area contributed by atoms with Crippen LogP contribution in [0, 0.1) is 5.92 Å². The predicted octanol–water partition coefficient (Wildman–Crippen LogP) is 3.64. The first-order valence-corrected chi connectivity index (χ1v) is 10.6. The highest BCUT2D eigenvalue weighted by Gasteiger charge is 2.27. The Labute approximate surface area is 149 Å². The average molecular weight is 348 g/mol. The Morgan fingerprint density at radius 2 is 1.83 bits per heavy atom. The van der Waals surface area contributed by atoms with Crippen LogP contribution in [-0.2, 0) is 11.3 Å². The molecule has 24 heavy (non-hydrogen) atoms. The van der Waals surface area contributed by atoms with Crippen LogP contribution in [0.4, 0.5) is 0 Å². The van der Waals surface area contributed by atoms with Gasteiger partial charge in [0.2, 0.25) is 5.91 Å². The number of aromatic nitrogens is 1. The number of carbonyl (C=O) groups excluding carboxylic acids is 1. The largest absolute Gasteiger partial charge is 0.340 e. The number of amides is 1. The van der Waals surface area contributed by atoms with Crippen molar-refractivity contribution in [3.05, 3.63) is 16.1 Å². The predicted molar refractivity (Wildman–Crippen MR) is 97.1 cm³/mol. The van der Waals surface area contributed by atoms with Crippen LogP contribution < -0.4 is 0 Å². The summed E-state index contributed by atoms with van der Waals surface area (Å²) in [6, 6.07) is 0. The zero-order chi connectivity index (χ0) is 16.4. The molecular weight excluding hydrogens is 318 g/mol. The summed E-state index contributed by atoms with van der Waals surface area (Å²) in [4.78, 5) is 21.9. The Morgan fingerprint density at radius 3 is 2.54 bits per heavy atom. The average Bonchev–Trinajstić information content (AvgIpc) is 3.36. The van der Waals surface area contributed by atoms with Gasteiger partial charge in [0.25, 0.3) is 0 Å². The molecule has 1 aromatic heterocycles. The SMILES string of the molecule is O=C(CC1CCCCC1)N1CCN(Cc2nc(C3CC3)cs2)CC1. The van der Waals surface area contributed by atoms with Gasteiger partial charge in [-0.2, -0.15) is 0 Å². The van der Waals surface area contributed by atoms with E-state index in [1.165, 1.54) is 55.6 Å². The third kappa shape index (κ3) is 4.17. The summed E-state index contributed by atoms with van der Waals surface area (Å²) < 4.78 is 0. The van der Waals surface area contributed by atoms with E-state index >= 15 is 0 Å². The molecule has 3 aliphatic rings. The fraction of sp³-hybridized carbons (Fsp3) is 0.789. The maximum absolute atomic E-state index is 12.5. The third-order valence-electron chi connectivity index (χ3n) is 5.84. The van der Waals surface area contributed by atoms with Crippen molar-refractivity contribution in [1.82, 2.24) is 14.8 Å². The van der Waals surface area contributed by atoms with Crippen molar-refractivity contribution >= 4 is 17.2 Å². The van der Waals surface area contributed by atoms with Gasteiger partial charge in [-0.1, -0.05) is 19.3 Å². The molecule has 1 aliphatic heterocycles. The molecule has 0 atom stereocenters. The lowest BCUT2D eigenvalue weighted by molar-refractivity contribution is -0.134. The molecule has 0 bridgehead atoms. The molecule has 4 nitrogen and oxygen atoms in total. The quantitative estimate of drug-likeness (QED) is 0.816. The van der Waals surface area contributed by atoms with Gasteiger partial charge in [0, 0.05) is 43.9 Å². The minimum absolute atomic E-state index is 0.395. The van der Waals surface area contributed by atoms with Gasteiger partial charge in [-0.15, -0.1) is 11.3 Å². The Kier molecular flexibility index (Phi) is 5.18. The van der Waals surface area contributed by atoms with Crippen LogP contribution in [0.25, 0.3) is 0 Å². The Bertz CT molecular complexity index is 555. The molecule has 5 heteroatoms. The van der Waals surface area contributed by atoms with Crippen LogP contribution in [0.2, 0.25) is 0 Å². The molecule has 0 radical (unpaired) electrons. The van der Waals surface area contributed by atoms with Crippen LogP contribution >= 0.6 is 11.3 Å². The van der Waals surface area contributed by atoms with Gasteiger partial charge in [-0.3, -0.25) is 9.69 Å². The van der Waals surface area contributed by atoms with Gasteiger partial charge in [0.05, 0.1) is 12.2 Å². The number of hydrogen-bond donors (Lipinski definition) is 0. The Hall–Kier alpha value is -0.940. The summed E-state index contributed by atoms with van der Waals surface area (Å²) in [6.45, 7) is 4.74. The fourth-order valence-corrected chi connectivity index (χ4v) is 5.00. The normalized spacial score (nSPS) is 23.6. The van der Waals surface area contributed by atoms with E-state index in [1.54, 1.807) is 0 Å². The van der Waals surface area contributed by atoms with Crippen LogP contribution in [0.1, 0.15) is 68.0 Å². The van der Waals surface area contributed by atoms with Crippen LogP contribution in [0.5, 0.6) is 0 Å². The molecule has 2 saturated carbocycles. The molecule has 0 spiro atoms. The van der Waals surface area contributed by atoms with Crippen LogP contribution in [0.15, 0.2) is 5.38 Å². The van der Waals surface area contributed by atoms with Crippen molar-refractivity contribution in [2.45, 2.75) is 63.8 Å². The second-order valence-electron chi connectivity index (χ2n) is 7.81. The maximum Gasteiger partial charge on any atom is 0.222 e. The van der Waals surface area contributed by atoms with Gasteiger partial charge in [-0.25, -0.2) is 4.98 Å². The molecule has 132 valence electrons. The van der Waals surface area contributed by atoms with E-state index in [1.807, 2.05) is 11.3 Å². The number of carbonyl (C=O) groups is 1. The molecule has 1 saturated heterocycles. The lowest BCUT2D eigenvalue weighted by atomic mass is 9.86. The summed E-state index contributed by atoms with van der Waals surface area (Å²) in [5.74, 6) is 1.80. The molecule has 2 heterocycles. The summed E-state index contributed by atoms with van der Waals surface area (Å²) in [5, 5.41) is 3.50. The second kappa shape index (κ2) is 7.52. The highest BCUT2D eigenvalue weighted by atomic mass is 32.1. The molecule has 0 N–H and O–H groups in total. The van der Waals surface area contributed by atoms with Crippen LogP contribution in [0.3, 0.4) is 0 Å². The van der Waals surface area contributed by atoms with Gasteiger partial charge in [0.1, 0.15) is 5.01 Å². The molecular formula is C19H29N3OS. The van der Waals surface area contributed by atoms with Crippen LogP contribution in [-0.4, -0.2) is 46.9 Å². The lowest BCUT2D eigenvalue weighted by Gasteiger charge is -2.35. The van der Waals surface area contributed by atoms with E-state index in [0.717, 1.165) is 45.1 Å². The molecule has 1 aromatic rings. The van der Waals surface area contributed by atoms with E-state index in [9.17, 15) is 4.79 Å². The highest BCUT2D eigenvalue weighted by Crippen LogP contribution is 2.40. The standard InChI is InChI=1S/C19H29N3OS/c23-19(12-15-4-2-1-3-5-15)22-10-8-21(9-11-22)13-18-20-17(14-24-18)16-6-7-16/h14-16H,1-13H2. The first kappa shape index (κ1) is 16.5. The highest BCUT2D eigenvalue weighted by molar-refractivity contribution is 7.09. The lowest BCUT2D eigenvalue weighted by Crippen LogP contribution is -2.48. The van der Waals surface area contributed by atoms with E-state index in [0.29, 0.717) is 11.8 Å². The van der Waals surface area contributed by atoms with Gasteiger partial charge >= 0.3 is 0 Å². The first-order valence-electron chi connectivity index (χ1n) is 9.72. The van der Waals surface area contributed by atoms with Gasteiger partial charge < -0.3 is 4.90 Å². The summed E-state index contributed by atoms with van der Waals surface area (Å²) in [7, 11) is 0. The summed E-state index contributed by atoms with van der Waals surface area (Å²) in [5.41, 5.74) is 1.32. The molecule has 2 aliphatic carbocycles. The molecule has 3 fully saturated rings. The monoisotopic (exact) mass is 347 g/mol. The van der Waals surface area contributed by atoms with Crippen molar-refractivity contribution in [3.8, 4) is 0 Å². The van der Waals surface area contributed by atoms with E-state index < -0.39 is 0 Å². The van der Waals surface area contributed by atoms with Gasteiger partial charge in [0.15, 0.2) is 0 Å². The zero-order valence-corrected chi connectivity index (χ0v) is 15.4. The molecule has 1 amide bonds. The van der Waals surface area contributed by atoms with Crippen molar-refractivity contribution in [2.24, 2.45) is 5.92 Å². The van der Waals surface area contributed by atoms with Crippen molar-refractivity contribution in [3.63, 3.8) is 0 Å². The fourth-order valence-electron chi connectivity index (χ4n) is 4.08. The maximum atomic E-state index is 12.5. The van der Waals surface area contributed by atoms with E-state index in [4.69, 9.17) is 4.98 Å². The number of piperazine rings is 1. The Balaban J connectivity index is 1.21. The first-order chi connectivity index (χ1) is 11.8. The summed E-state index contributed by atoms with van der Waals surface area (Å²) >= 11 is 1.81. The van der Waals surface area contributed by atoms with E-state index in [-0.39, 0.29) is 0 Å². The zero-order valence-electron chi connectivity index (χ0n) is 14.6. The van der Waals surface area contributed by atoms with Crippen molar-refractivity contribution in [2.75, 3.05) is 26.2 Å². The number of hydrogen-bond acceptors (Lipinski definition) is 4. The molecule has 4 rings (SSSR count). The third-order valence-corrected chi connectivity index (χ3v) is 6.69. The minimum atomic E-state index is 0.395. The minimum Gasteiger partial charge on any atom is -0.340 e. The topological polar surface area (TPSA) is 36.4 Å². The molecule has 0 unspecified atom stereocenters. The smallest absolute Gasteiger partial charge is 0.222 e. The number of rotatable bonds is 5. The van der Waals surface area contributed by atoms with Crippen molar-refractivity contribution in [1.29, 1.82) is 0 Å². The number of thiazole rings is 1. The molecule has 0 aromatic carbocycles. The van der Waals surface area contributed by atoms with Crippen molar-refractivity contribution < 1.29 is 4.79 Å². The number of nitrogens with zero attached hydrogens (tertiary/aromatic N) is 3.